The van der Waals surface area contributed by atoms with Crippen LogP contribution in [0.25, 0.3) is 0 Å². The van der Waals surface area contributed by atoms with Gasteiger partial charge in [0.15, 0.2) is 9.76 Å². The van der Waals surface area contributed by atoms with Crippen LogP contribution >= 0.6 is 0 Å². The number of ether oxygens (including phenoxy) is 2. The lowest BCUT2D eigenvalue weighted by Gasteiger charge is -2.32. The highest BCUT2D eigenvalue weighted by Crippen LogP contribution is 2.20. The topological polar surface area (TPSA) is 27.7 Å². The Labute approximate surface area is 122 Å². The van der Waals surface area contributed by atoms with E-state index >= 15 is 0 Å². The molecule has 0 N–H and O–H groups in total. The quantitative estimate of drug-likeness (QED) is 0.293. The molecule has 0 amide bonds. The van der Waals surface area contributed by atoms with E-state index in [0.29, 0.717) is 13.2 Å². The molecule has 0 heterocycles. The molecule has 4 heteroatoms. The van der Waals surface area contributed by atoms with E-state index in [-0.39, 0.29) is 0 Å². The zero-order valence-corrected chi connectivity index (χ0v) is 15.1. The predicted molar refractivity (Wildman–Crippen MR) is 84.0 cm³/mol. The predicted octanol–water partition coefficient (Wildman–Crippen LogP) is 3.86. The normalized spacial score (nSPS) is 12.9. The van der Waals surface area contributed by atoms with Crippen molar-refractivity contribution in [3.63, 3.8) is 0 Å². The largest absolute Gasteiger partial charge is 0.376 e. The van der Waals surface area contributed by atoms with Crippen molar-refractivity contribution in [2.24, 2.45) is 5.92 Å². The van der Waals surface area contributed by atoms with E-state index in [1.807, 2.05) is 13.8 Å². The highest BCUT2D eigenvalue weighted by molar-refractivity contribution is 6.27. The second-order valence-corrected chi connectivity index (χ2v) is 6.75. The molecule has 0 aliphatic heterocycles. The Bertz CT molecular complexity index is 192. The summed E-state index contributed by atoms with van der Waals surface area (Å²) in [5, 5.41) is 0. The number of rotatable bonds is 13. The van der Waals surface area contributed by atoms with Gasteiger partial charge in [0, 0.05) is 19.6 Å². The average molecular weight is 291 g/mol. The number of hydrogen-bond acceptors (Lipinski definition) is 3. The standard InChI is InChI=1S/C15H34O3Si/c1-6-15(16-7-2,17-8-3)18-19-13-11-9-10-12-14(4)5/h14H,6-13,19H2,1-5H3. The van der Waals surface area contributed by atoms with Gasteiger partial charge in [0.2, 0.25) is 0 Å². The van der Waals surface area contributed by atoms with Gasteiger partial charge >= 0.3 is 0 Å². The summed E-state index contributed by atoms with van der Waals surface area (Å²) < 4.78 is 17.3. The molecule has 0 spiro atoms. The Morgan fingerprint density at radius 1 is 0.947 bits per heavy atom. The third kappa shape index (κ3) is 9.60. The Balaban J connectivity index is 3.74. The maximum Gasteiger partial charge on any atom is 0.272 e. The molecule has 0 unspecified atom stereocenters. The van der Waals surface area contributed by atoms with Crippen LogP contribution in [0.4, 0.5) is 0 Å². The van der Waals surface area contributed by atoms with Gasteiger partial charge in [-0.25, -0.2) is 0 Å². The molecule has 0 fully saturated rings. The molecule has 19 heavy (non-hydrogen) atoms. The monoisotopic (exact) mass is 290 g/mol. The first-order chi connectivity index (χ1) is 9.10. The molecule has 3 nitrogen and oxygen atoms in total. The van der Waals surface area contributed by atoms with Gasteiger partial charge in [0.25, 0.3) is 5.97 Å². The lowest BCUT2D eigenvalue weighted by atomic mass is 10.1. The minimum Gasteiger partial charge on any atom is -0.376 e. The van der Waals surface area contributed by atoms with Crippen molar-refractivity contribution >= 4 is 9.76 Å². The fourth-order valence-electron chi connectivity index (χ4n) is 2.11. The average Bonchev–Trinajstić information content (AvgIpc) is 2.37. The molecule has 0 aromatic carbocycles. The summed E-state index contributed by atoms with van der Waals surface area (Å²) in [4.78, 5) is 0. The summed E-state index contributed by atoms with van der Waals surface area (Å²) >= 11 is 0. The lowest BCUT2D eigenvalue weighted by Crippen LogP contribution is -2.39. The SMILES string of the molecule is CCOC(CC)(OCC)O[SiH2]CCCCCC(C)C. The molecule has 0 aliphatic carbocycles. The van der Waals surface area contributed by atoms with Gasteiger partial charge in [0.1, 0.15) is 0 Å². The van der Waals surface area contributed by atoms with Gasteiger partial charge in [-0.3, -0.25) is 0 Å². The molecule has 116 valence electrons. The summed E-state index contributed by atoms with van der Waals surface area (Å²) in [5.41, 5.74) is 0. The fraction of sp³-hybridized carbons (Fsp3) is 1.00. The minimum atomic E-state index is -0.756. The first-order valence-electron chi connectivity index (χ1n) is 8.02. The summed E-state index contributed by atoms with van der Waals surface area (Å²) in [6.45, 7) is 11.9. The first kappa shape index (κ1) is 19.1. The molecule has 0 saturated carbocycles. The molecule has 0 saturated heterocycles. The zero-order valence-electron chi connectivity index (χ0n) is 13.7. The maximum atomic E-state index is 5.98. The van der Waals surface area contributed by atoms with E-state index in [9.17, 15) is 0 Å². The van der Waals surface area contributed by atoms with Crippen LogP contribution in [-0.4, -0.2) is 29.0 Å². The molecular weight excluding hydrogens is 256 g/mol. The number of unbranched alkanes of at least 4 members (excludes halogenated alkanes) is 2. The number of hydrogen-bond donors (Lipinski definition) is 0. The van der Waals surface area contributed by atoms with E-state index < -0.39 is 15.7 Å². The highest BCUT2D eigenvalue weighted by atomic mass is 28.2. The van der Waals surface area contributed by atoms with E-state index in [1.54, 1.807) is 0 Å². The zero-order chi connectivity index (χ0) is 14.6. The Hall–Kier alpha value is 0.0969. The second kappa shape index (κ2) is 11.9. The van der Waals surface area contributed by atoms with Crippen LogP contribution in [0.15, 0.2) is 0 Å². The van der Waals surface area contributed by atoms with E-state index in [4.69, 9.17) is 13.9 Å². The molecule has 0 rings (SSSR count). The van der Waals surface area contributed by atoms with Gasteiger partial charge in [-0.2, -0.15) is 0 Å². The van der Waals surface area contributed by atoms with Crippen LogP contribution in [0, 0.1) is 5.92 Å². The Morgan fingerprint density at radius 3 is 2.05 bits per heavy atom. The van der Waals surface area contributed by atoms with Crippen molar-refractivity contribution in [3.05, 3.63) is 0 Å². The van der Waals surface area contributed by atoms with Gasteiger partial charge < -0.3 is 13.9 Å². The smallest absolute Gasteiger partial charge is 0.272 e. The van der Waals surface area contributed by atoms with Gasteiger partial charge in [0.05, 0.1) is 0 Å². The van der Waals surface area contributed by atoms with Crippen molar-refractivity contribution in [1.82, 2.24) is 0 Å². The van der Waals surface area contributed by atoms with Crippen molar-refractivity contribution in [2.45, 2.75) is 78.7 Å². The summed E-state index contributed by atoms with van der Waals surface area (Å²) in [5.74, 6) is 0.0744. The van der Waals surface area contributed by atoms with Crippen LogP contribution in [0.3, 0.4) is 0 Å². The van der Waals surface area contributed by atoms with Crippen molar-refractivity contribution in [3.8, 4) is 0 Å². The van der Waals surface area contributed by atoms with E-state index in [2.05, 4.69) is 20.8 Å². The lowest BCUT2D eigenvalue weighted by molar-refractivity contribution is -0.343. The van der Waals surface area contributed by atoms with Crippen LogP contribution in [0.2, 0.25) is 6.04 Å². The molecule has 0 bridgehead atoms. The van der Waals surface area contributed by atoms with Crippen LogP contribution < -0.4 is 0 Å². The van der Waals surface area contributed by atoms with Crippen LogP contribution in [0.1, 0.15) is 66.7 Å². The van der Waals surface area contributed by atoms with Crippen LogP contribution in [0.5, 0.6) is 0 Å². The third-order valence-electron chi connectivity index (χ3n) is 3.16. The minimum absolute atomic E-state index is 0.542. The highest BCUT2D eigenvalue weighted by Gasteiger charge is 2.29. The fourth-order valence-corrected chi connectivity index (χ4v) is 3.49. The van der Waals surface area contributed by atoms with E-state index in [0.717, 1.165) is 12.3 Å². The van der Waals surface area contributed by atoms with Crippen molar-refractivity contribution in [2.75, 3.05) is 13.2 Å². The van der Waals surface area contributed by atoms with Crippen molar-refractivity contribution in [1.29, 1.82) is 0 Å². The second-order valence-electron chi connectivity index (χ2n) is 5.35. The molecule has 0 aromatic heterocycles. The molecule has 0 radical (unpaired) electrons. The Kier molecular flexibility index (Phi) is 11.9. The van der Waals surface area contributed by atoms with Crippen molar-refractivity contribution < 1.29 is 13.9 Å². The summed E-state index contributed by atoms with van der Waals surface area (Å²) in [7, 11) is -0.542. The molecule has 0 aromatic rings. The van der Waals surface area contributed by atoms with Gasteiger partial charge in [-0.15, -0.1) is 0 Å². The summed E-state index contributed by atoms with van der Waals surface area (Å²) in [6, 6.07) is 1.22. The first-order valence-corrected chi connectivity index (χ1v) is 9.59. The molecular formula is C15H34O3Si. The van der Waals surface area contributed by atoms with Gasteiger partial charge in [-0.05, 0) is 25.8 Å². The van der Waals surface area contributed by atoms with Gasteiger partial charge in [-0.1, -0.05) is 46.5 Å². The molecule has 0 aliphatic rings. The molecule has 0 atom stereocenters. The van der Waals surface area contributed by atoms with E-state index in [1.165, 1.54) is 31.7 Å². The Morgan fingerprint density at radius 2 is 1.58 bits per heavy atom. The third-order valence-corrected chi connectivity index (χ3v) is 4.59. The maximum absolute atomic E-state index is 5.98. The van der Waals surface area contributed by atoms with Crippen LogP contribution in [-0.2, 0) is 13.9 Å². The summed E-state index contributed by atoms with van der Waals surface area (Å²) in [6.07, 6.45) is 6.07.